The van der Waals surface area contributed by atoms with Crippen LogP contribution in [0.5, 0.6) is 0 Å². The van der Waals surface area contributed by atoms with Gasteiger partial charge in [-0.2, -0.15) is 0 Å². The molecule has 0 saturated carbocycles. The van der Waals surface area contributed by atoms with Crippen molar-refractivity contribution in [3.8, 4) is 0 Å². The van der Waals surface area contributed by atoms with Crippen LogP contribution in [0.25, 0.3) is 0 Å². The van der Waals surface area contributed by atoms with E-state index >= 15 is 0 Å². The molecule has 8 heteroatoms. The summed E-state index contributed by atoms with van der Waals surface area (Å²) in [6.07, 6.45) is 1.53. The molecule has 0 unspecified atom stereocenters. The zero-order valence-corrected chi connectivity index (χ0v) is 17.2. The summed E-state index contributed by atoms with van der Waals surface area (Å²) in [6, 6.07) is 10.3. The molecule has 0 bridgehead atoms. The minimum Gasteiger partial charge on any atom is -0.330 e. The van der Waals surface area contributed by atoms with Crippen molar-refractivity contribution in [1.29, 1.82) is 0 Å². The SMILES string of the molecule is C=CCN(Cc1cc(Br)ccc1F)C(=O)c1cccc(S(=O)(=O)NCC)c1. The van der Waals surface area contributed by atoms with Gasteiger partial charge in [-0.15, -0.1) is 6.58 Å². The van der Waals surface area contributed by atoms with E-state index in [0.717, 1.165) is 0 Å². The van der Waals surface area contributed by atoms with Gasteiger partial charge < -0.3 is 4.90 Å². The summed E-state index contributed by atoms with van der Waals surface area (Å²) in [5.74, 6) is -0.841. The molecular formula is C19H20BrFN2O3S. The van der Waals surface area contributed by atoms with Gasteiger partial charge in [0.2, 0.25) is 10.0 Å². The van der Waals surface area contributed by atoms with Crippen LogP contribution in [-0.2, 0) is 16.6 Å². The smallest absolute Gasteiger partial charge is 0.254 e. The zero-order chi connectivity index (χ0) is 20.0. The third-order valence-corrected chi connectivity index (χ3v) is 5.77. The summed E-state index contributed by atoms with van der Waals surface area (Å²) in [7, 11) is -3.68. The highest BCUT2D eigenvalue weighted by molar-refractivity contribution is 9.10. The Morgan fingerprint density at radius 3 is 2.70 bits per heavy atom. The molecule has 2 aromatic carbocycles. The fraction of sp³-hybridized carbons (Fsp3) is 0.211. The lowest BCUT2D eigenvalue weighted by molar-refractivity contribution is 0.0761. The topological polar surface area (TPSA) is 66.5 Å². The van der Waals surface area contributed by atoms with Crippen LogP contribution in [0.4, 0.5) is 4.39 Å². The Morgan fingerprint density at radius 1 is 1.30 bits per heavy atom. The Balaban J connectivity index is 2.34. The van der Waals surface area contributed by atoms with Gasteiger partial charge in [-0.1, -0.05) is 35.0 Å². The van der Waals surface area contributed by atoms with Crippen LogP contribution in [-0.4, -0.2) is 32.3 Å². The van der Waals surface area contributed by atoms with Crippen molar-refractivity contribution in [3.63, 3.8) is 0 Å². The molecule has 0 aromatic heterocycles. The predicted molar refractivity (Wildman–Crippen MR) is 106 cm³/mol. The van der Waals surface area contributed by atoms with E-state index in [2.05, 4.69) is 27.2 Å². The van der Waals surface area contributed by atoms with Crippen molar-refractivity contribution in [2.75, 3.05) is 13.1 Å². The molecule has 0 atom stereocenters. The molecule has 0 saturated heterocycles. The summed E-state index contributed by atoms with van der Waals surface area (Å²) in [5, 5.41) is 0. The highest BCUT2D eigenvalue weighted by Gasteiger charge is 2.20. The average Bonchev–Trinajstić information content (AvgIpc) is 2.64. The van der Waals surface area contributed by atoms with Crippen molar-refractivity contribution >= 4 is 31.9 Å². The van der Waals surface area contributed by atoms with E-state index in [-0.39, 0.29) is 30.1 Å². The second-order valence-corrected chi connectivity index (χ2v) is 8.42. The number of carbonyl (C=O) groups excluding carboxylic acids is 1. The standard InChI is InChI=1S/C19H20BrFN2O3S/c1-3-10-23(13-15-11-16(20)8-9-18(15)21)19(24)14-6-5-7-17(12-14)27(25,26)22-4-2/h3,5-9,11-12,22H,1,4,10,13H2,2H3. The molecule has 0 aliphatic heterocycles. The quantitative estimate of drug-likeness (QED) is 0.618. The van der Waals surface area contributed by atoms with E-state index in [4.69, 9.17) is 0 Å². The molecular weight excluding hydrogens is 435 g/mol. The molecule has 1 amide bonds. The molecule has 2 aromatic rings. The van der Waals surface area contributed by atoms with Crippen LogP contribution in [0.2, 0.25) is 0 Å². The van der Waals surface area contributed by atoms with E-state index in [0.29, 0.717) is 10.0 Å². The number of nitrogens with zero attached hydrogens (tertiary/aromatic N) is 1. The van der Waals surface area contributed by atoms with Crippen molar-refractivity contribution in [1.82, 2.24) is 9.62 Å². The number of nitrogens with one attached hydrogen (secondary N) is 1. The largest absolute Gasteiger partial charge is 0.330 e. The van der Waals surface area contributed by atoms with Gasteiger partial charge >= 0.3 is 0 Å². The molecule has 0 heterocycles. The first kappa shape index (κ1) is 21.3. The van der Waals surface area contributed by atoms with E-state index in [1.807, 2.05) is 0 Å². The Labute approximate surface area is 167 Å². The Hall–Kier alpha value is -2.03. The molecule has 0 aliphatic rings. The summed E-state index contributed by atoms with van der Waals surface area (Å²) >= 11 is 3.29. The van der Waals surface area contributed by atoms with Gasteiger partial charge in [0.15, 0.2) is 0 Å². The van der Waals surface area contributed by atoms with Crippen molar-refractivity contribution in [2.45, 2.75) is 18.4 Å². The van der Waals surface area contributed by atoms with Crippen LogP contribution in [0.15, 0.2) is 64.5 Å². The number of hydrogen-bond acceptors (Lipinski definition) is 3. The second-order valence-electron chi connectivity index (χ2n) is 5.74. The van der Waals surface area contributed by atoms with Crippen LogP contribution in [0.1, 0.15) is 22.8 Å². The normalized spacial score (nSPS) is 11.2. The molecule has 144 valence electrons. The minimum absolute atomic E-state index is 0.00221. The lowest BCUT2D eigenvalue weighted by Gasteiger charge is -2.22. The maximum atomic E-state index is 14.1. The highest BCUT2D eigenvalue weighted by Crippen LogP contribution is 2.19. The maximum Gasteiger partial charge on any atom is 0.254 e. The fourth-order valence-corrected chi connectivity index (χ4v) is 3.99. The molecule has 0 radical (unpaired) electrons. The Kier molecular flexibility index (Phi) is 7.29. The summed E-state index contributed by atoms with van der Waals surface area (Å²) in [5.41, 5.74) is 0.544. The first-order valence-corrected chi connectivity index (χ1v) is 10.5. The van der Waals surface area contributed by atoms with Gasteiger partial charge in [-0.3, -0.25) is 4.79 Å². The van der Waals surface area contributed by atoms with Gasteiger partial charge in [0.25, 0.3) is 5.91 Å². The van der Waals surface area contributed by atoms with Gasteiger partial charge in [-0.25, -0.2) is 17.5 Å². The third-order valence-electron chi connectivity index (χ3n) is 3.73. The molecule has 2 rings (SSSR count). The number of rotatable bonds is 8. The lowest BCUT2D eigenvalue weighted by atomic mass is 10.1. The first-order valence-electron chi connectivity index (χ1n) is 8.22. The van der Waals surface area contributed by atoms with Crippen LogP contribution in [0, 0.1) is 5.82 Å². The number of carbonyl (C=O) groups is 1. The third kappa shape index (κ3) is 5.47. The van der Waals surface area contributed by atoms with Gasteiger partial charge in [-0.05, 0) is 36.4 Å². The number of hydrogen-bond donors (Lipinski definition) is 1. The second kappa shape index (κ2) is 9.25. The minimum atomic E-state index is -3.68. The van der Waals surface area contributed by atoms with Gasteiger partial charge in [0.1, 0.15) is 5.82 Å². The summed E-state index contributed by atoms with van der Waals surface area (Å²) in [6.45, 7) is 5.77. The predicted octanol–water partition coefficient (Wildman–Crippen LogP) is 3.71. The lowest BCUT2D eigenvalue weighted by Crippen LogP contribution is -2.31. The van der Waals surface area contributed by atoms with Gasteiger partial charge in [0, 0.05) is 35.2 Å². The Bertz CT molecular complexity index is 948. The molecule has 0 aliphatic carbocycles. The van der Waals surface area contributed by atoms with Crippen LogP contribution < -0.4 is 4.72 Å². The zero-order valence-electron chi connectivity index (χ0n) is 14.8. The van der Waals surface area contributed by atoms with E-state index < -0.39 is 21.7 Å². The first-order chi connectivity index (χ1) is 12.8. The van der Waals surface area contributed by atoms with Crippen molar-refractivity contribution < 1.29 is 17.6 Å². The van der Waals surface area contributed by atoms with Crippen molar-refractivity contribution in [2.24, 2.45) is 0 Å². The van der Waals surface area contributed by atoms with E-state index in [1.165, 1.54) is 41.3 Å². The molecule has 0 spiro atoms. The molecule has 27 heavy (non-hydrogen) atoms. The number of halogens is 2. The number of sulfonamides is 1. The van der Waals surface area contributed by atoms with E-state index in [1.54, 1.807) is 19.1 Å². The van der Waals surface area contributed by atoms with Crippen molar-refractivity contribution in [3.05, 3.63) is 76.5 Å². The van der Waals surface area contributed by atoms with Crippen LogP contribution >= 0.6 is 15.9 Å². The maximum absolute atomic E-state index is 14.1. The number of amides is 1. The average molecular weight is 455 g/mol. The molecule has 5 nitrogen and oxygen atoms in total. The molecule has 0 fully saturated rings. The van der Waals surface area contributed by atoms with Crippen LogP contribution in [0.3, 0.4) is 0 Å². The summed E-state index contributed by atoms with van der Waals surface area (Å²) < 4.78 is 41.5. The van der Waals surface area contributed by atoms with Gasteiger partial charge in [0.05, 0.1) is 4.90 Å². The molecule has 1 N–H and O–H groups in total. The monoisotopic (exact) mass is 454 g/mol. The summed E-state index contributed by atoms with van der Waals surface area (Å²) in [4.78, 5) is 14.3. The van der Waals surface area contributed by atoms with E-state index in [9.17, 15) is 17.6 Å². The Morgan fingerprint density at radius 2 is 2.04 bits per heavy atom. The fourth-order valence-electron chi connectivity index (χ4n) is 2.50. The highest BCUT2D eigenvalue weighted by atomic mass is 79.9. The number of benzene rings is 2.